The number of hydrogen-bond acceptors (Lipinski definition) is 3. The lowest BCUT2D eigenvalue weighted by Gasteiger charge is -2.44. The van der Waals surface area contributed by atoms with Crippen molar-refractivity contribution in [2.24, 2.45) is 11.3 Å². The van der Waals surface area contributed by atoms with Crippen molar-refractivity contribution in [1.82, 2.24) is 5.32 Å². The van der Waals surface area contributed by atoms with Gasteiger partial charge in [-0.15, -0.1) is 0 Å². The van der Waals surface area contributed by atoms with Gasteiger partial charge in [0.2, 0.25) is 0 Å². The molecule has 5 heteroatoms. The van der Waals surface area contributed by atoms with Crippen molar-refractivity contribution in [1.29, 1.82) is 0 Å². The zero-order chi connectivity index (χ0) is 17.9. The predicted octanol–water partition coefficient (Wildman–Crippen LogP) is 4.35. The average molecular weight is 327 g/mol. The maximum atomic E-state index is 12.2. The molecule has 1 amide bonds. The largest absolute Gasteiger partial charge is 0.481 e. The zero-order valence-corrected chi connectivity index (χ0v) is 15.5. The van der Waals surface area contributed by atoms with Crippen molar-refractivity contribution in [2.45, 2.75) is 91.2 Å². The monoisotopic (exact) mass is 327 g/mol. The van der Waals surface area contributed by atoms with E-state index in [2.05, 4.69) is 26.1 Å². The number of ether oxygens (including phenoxy) is 1. The quantitative estimate of drug-likeness (QED) is 0.805. The molecule has 0 aliphatic heterocycles. The SMILES string of the molecule is CC(C)(C)OC(=O)NC1(CCC(=O)O)CCC(C(C)(C)C)CC1. The Morgan fingerprint density at radius 1 is 1.13 bits per heavy atom. The standard InChI is InChI=1S/C18H33NO4/c1-16(2,3)13-7-10-18(11-8-13,12-9-14(20)21)19-15(22)23-17(4,5)6/h13H,7-12H2,1-6H3,(H,19,22)(H,20,21). The second-order valence-corrected chi connectivity index (χ2v) is 8.94. The van der Waals surface area contributed by atoms with Gasteiger partial charge in [0.1, 0.15) is 5.60 Å². The van der Waals surface area contributed by atoms with Crippen molar-refractivity contribution < 1.29 is 19.4 Å². The lowest BCUT2D eigenvalue weighted by atomic mass is 9.66. The van der Waals surface area contributed by atoms with E-state index in [1.165, 1.54) is 0 Å². The Morgan fingerprint density at radius 2 is 1.65 bits per heavy atom. The van der Waals surface area contributed by atoms with Crippen LogP contribution in [0.2, 0.25) is 0 Å². The van der Waals surface area contributed by atoms with Crippen molar-refractivity contribution in [3.05, 3.63) is 0 Å². The molecule has 1 aliphatic carbocycles. The van der Waals surface area contributed by atoms with E-state index in [0.717, 1.165) is 25.7 Å². The Kier molecular flexibility index (Phi) is 6.11. The maximum absolute atomic E-state index is 12.2. The van der Waals surface area contributed by atoms with Gasteiger partial charge in [-0.25, -0.2) is 4.79 Å². The third-order valence-corrected chi connectivity index (χ3v) is 4.75. The fraction of sp³-hybridized carbons (Fsp3) is 0.889. The molecule has 0 radical (unpaired) electrons. The molecule has 134 valence electrons. The van der Waals surface area contributed by atoms with E-state index in [-0.39, 0.29) is 11.8 Å². The summed E-state index contributed by atoms with van der Waals surface area (Å²) in [7, 11) is 0. The van der Waals surface area contributed by atoms with Crippen LogP contribution >= 0.6 is 0 Å². The van der Waals surface area contributed by atoms with Crippen molar-refractivity contribution in [2.75, 3.05) is 0 Å². The molecule has 0 saturated heterocycles. The van der Waals surface area contributed by atoms with Crippen LogP contribution in [0.3, 0.4) is 0 Å². The number of rotatable bonds is 4. The van der Waals surface area contributed by atoms with Crippen LogP contribution in [0.15, 0.2) is 0 Å². The fourth-order valence-corrected chi connectivity index (χ4v) is 3.34. The Balaban J connectivity index is 2.77. The van der Waals surface area contributed by atoms with Gasteiger partial charge in [-0.3, -0.25) is 4.79 Å². The summed E-state index contributed by atoms with van der Waals surface area (Å²) in [4.78, 5) is 23.2. The summed E-state index contributed by atoms with van der Waals surface area (Å²) in [6.07, 6.45) is 3.69. The fourth-order valence-electron chi connectivity index (χ4n) is 3.34. The summed E-state index contributed by atoms with van der Waals surface area (Å²) in [5.74, 6) is -0.228. The van der Waals surface area contributed by atoms with Crippen LogP contribution in [0, 0.1) is 11.3 Å². The predicted molar refractivity (Wildman–Crippen MR) is 90.4 cm³/mol. The van der Waals surface area contributed by atoms with Gasteiger partial charge in [0, 0.05) is 12.0 Å². The minimum absolute atomic E-state index is 0.0655. The third-order valence-electron chi connectivity index (χ3n) is 4.75. The number of nitrogens with one attached hydrogen (secondary N) is 1. The second-order valence-electron chi connectivity index (χ2n) is 8.94. The number of alkyl carbamates (subject to hydrolysis) is 1. The first-order valence-electron chi connectivity index (χ1n) is 8.56. The molecule has 5 nitrogen and oxygen atoms in total. The van der Waals surface area contributed by atoms with Gasteiger partial charge in [0.15, 0.2) is 0 Å². The van der Waals surface area contributed by atoms with E-state index in [1.54, 1.807) is 0 Å². The number of carboxylic acids is 1. The highest BCUT2D eigenvalue weighted by Gasteiger charge is 2.40. The van der Waals surface area contributed by atoms with Crippen molar-refractivity contribution in [3.8, 4) is 0 Å². The normalized spacial score (nSPS) is 25.7. The number of carboxylic acid groups (broad SMARTS) is 1. The van der Waals surface area contributed by atoms with Gasteiger partial charge in [-0.2, -0.15) is 0 Å². The molecule has 0 spiro atoms. The van der Waals surface area contributed by atoms with E-state index < -0.39 is 23.2 Å². The highest BCUT2D eigenvalue weighted by Crippen LogP contribution is 2.43. The van der Waals surface area contributed by atoms with Gasteiger partial charge in [0.25, 0.3) is 0 Å². The van der Waals surface area contributed by atoms with E-state index in [1.807, 2.05) is 20.8 Å². The molecule has 0 atom stereocenters. The number of amides is 1. The molecule has 0 bridgehead atoms. The summed E-state index contributed by atoms with van der Waals surface area (Å²) in [5, 5.41) is 12.0. The number of carbonyl (C=O) groups is 2. The van der Waals surface area contributed by atoms with Crippen LogP contribution in [0.1, 0.15) is 80.1 Å². The molecule has 2 N–H and O–H groups in total. The van der Waals surface area contributed by atoms with Crippen molar-refractivity contribution in [3.63, 3.8) is 0 Å². The lowest BCUT2D eigenvalue weighted by molar-refractivity contribution is -0.137. The molecule has 0 aromatic heterocycles. The van der Waals surface area contributed by atoms with Gasteiger partial charge in [-0.1, -0.05) is 20.8 Å². The summed E-state index contributed by atoms with van der Waals surface area (Å²) in [5.41, 5.74) is -0.770. The van der Waals surface area contributed by atoms with Crippen LogP contribution in [0.4, 0.5) is 4.79 Å². The average Bonchev–Trinajstić information content (AvgIpc) is 2.33. The first kappa shape index (κ1) is 19.8. The van der Waals surface area contributed by atoms with Crippen LogP contribution in [0.25, 0.3) is 0 Å². The highest BCUT2D eigenvalue weighted by molar-refractivity contribution is 5.70. The molecule has 1 aliphatic rings. The second kappa shape index (κ2) is 7.10. The highest BCUT2D eigenvalue weighted by atomic mass is 16.6. The first-order chi connectivity index (χ1) is 10.3. The Bertz CT molecular complexity index is 423. The van der Waals surface area contributed by atoms with Crippen LogP contribution < -0.4 is 5.32 Å². The van der Waals surface area contributed by atoms with E-state index in [9.17, 15) is 9.59 Å². The molecule has 1 rings (SSSR count). The molecule has 0 unspecified atom stereocenters. The third kappa shape index (κ3) is 6.80. The smallest absolute Gasteiger partial charge is 0.408 e. The molecule has 1 saturated carbocycles. The van der Waals surface area contributed by atoms with Gasteiger partial charge >= 0.3 is 12.1 Å². The van der Waals surface area contributed by atoms with Crippen LogP contribution in [-0.2, 0) is 9.53 Å². The first-order valence-corrected chi connectivity index (χ1v) is 8.56. The van der Waals surface area contributed by atoms with Crippen molar-refractivity contribution >= 4 is 12.1 Å². The van der Waals surface area contributed by atoms with E-state index in [0.29, 0.717) is 12.3 Å². The van der Waals surface area contributed by atoms with E-state index >= 15 is 0 Å². The minimum Gasteiger partial charge on any atom is -0.481 e. The number of aliphatic carboxylic acids is 1. The van der Waals surface area contributed by atoms with E-state index in [4.69, 9.17) is 9.84 Å². The molecular weight excluding hydrogens is 294 g/mol. The molecule has 1 fully saturated rings. The number of hydrogen-bond donors (Lipinski definition) is 2. The maximum Gasteiger partial charge on any atom is 0.408 e. The molecular formula is C18H33NO4. The van der Waals surface area contributed by atoms with Crippen LogP contribution in [0.5, 0.6) is 0 Å². The Labute approximate surface area is 140 Å². The summed E-state index contributed by atoms with van der Waals surface area (Å²) < 4.78 is 5.37. The zero-order valence-electron chi connectivity index (χ0n) is 15.5. The lowest BCUT2D eigenvalue weighted by Crippen LogP contribution is -2.53. The Hall–Kier alpha value is -1.26. The summed E-state index contributed by atoms with van der Waals surface area (Å²) >= 11 is 0. The Morgan fingerprint density at radius 3 is 2.04 bits per heavy atom. The topological polar surface area (TPSA) is 75.6 Å². The number of carbonyl (C=O) groups excluding carboxylic acids is 1. The molecule has 0 heterocycles. The molecule has 0 aromatic rings. The minimum atomic E-state index is -0.826. The summed E-state index contributed by atoms with van der Waals surface area (Å²) in [6, 6.07) is 0. The van der Waals surface area contributed by atoms with Gasteiger partial charge in [-0.05, 0) is 64.2 Å². The van der Waals surface area contributed by atoms with Gasteiger partial charge < -0.3 is 15.2 Å². The van der Waals surface area contributed by atoms with Crippen LogP contribution in [-0.4, -0.2) is 28.3 Å². The molecule has 23 heavy (non-hydrogen) atoms. The summed E-state index contributed by atoms with van der Waals surface area (Å²) in [6.45, 7) is 12.2. The van der Waals surface area contributed by atoms with Gasteiger partial charge in [0.05, 0.1) is 0 Å². The molecule has 0 aromatic carbocycles.